The zero-order valence-electron chi connectivity index (χ0n) is 20.5. The molecule has 22 heavy (non-hydrogen) atoms. The van der Waals surface area contributed by atoms with Crippen molar-refractivity contribution in [2.75, 3.05) is 27.0 Å². The minimum Gasteiger partial charge on any atom is -0.356 e. The molecule has 0 radical (unpaired) electrons. The average molecular weight is 319 g/mol. The monoisotopic (exact) mass is 318 g/mol. The maximum absolute atomic E-state index is 11.8. The van der Waals surface area contributed by atoms with Crippen LogP contribution in [-0.2, 0) is 4.79 Å². The topological polar surface area (TPSA) is 32.3 Å². The molecule has 0 unspecified atom stereocenters. The molecule has 0 saturated carbocycles. The van der Waals surface area contributed by atoms with Crippen LogP contribution < -0.4 is 5.32 Å². The number of carbonyl (C=O) groups excluding carboxylic acids is 1. The Kier molecular flexibility index (Phi) is 9.77. The van der Waals surface area contributed by atoms with Gasteiger partial charge in [-0.05, 0) is 33.3 Å². The maximum atomic E-state index is 11.8. The predicted octanol–water partition coefficient (Wildman–Crippen LogP) is 4.76. The van der Waals surface area contributed by atoms with E-state index in [0.29, 0.717) is 24.3 Å². The van der Waals surface area contributed by atoms with Gasteiger partial charge in [-0.2, -0.15) is 0 Å². The highest BCUT2D eigenvalue weighted by Crippen LogP contribution is 2.11. The highest BCUT2D eigenvalue weighted by atomic mass is 16.1. The third-order valence-electron chi connectivity index (χ3n) is 3.89. The van der Waals surface area contributed by atoms with Gasteiger partial charge >= 0.3 is 0 Å². The third-order valence-corrected chi connectivity index (χ3v) is 3.89. The zero-order valence-corrected chi connectivity index (χ0v) is 14.5. The summed E-state index contributed by atoms with van der Waals surface area (Å²) in [5.41, 5.74) is 0. The summed E-state index contributed by atoms with van der Waals surface area (Å²) in [5.74, 6) is -0.0507. The largest absolute Gasteiger partial charge is 0.356 e. The minimum atomic E-state index is -2.66. The van der Waals surface area contributed by atoms with Gasteiger partial charge in [0.05, 0.1) is 0 Å². The second-order valence-electron chi connectivity index (χ2n) is 6.14. The first-order valence-electron chi connectivity index (χ1n) is 12.1. The van der Waals surface area contributed by atoms with Crippen LogP contribution in [0.3, 0.4) is 0 Å². The first-order chi connectivity index (χ1) is 13.1. The molecule has 0 spiro atoms. The molecule has 0 aromatic rings. The zero-order chi connectivity index (χ0) is 21.5. The molecular weight excluding hydrogens is 272 g/mol. The second kappa shape index (κ2) is 16.8. The number of hydrogen-bond donors (Lipinski definition) is 1. The number of amides is 1. The minimum absolute atomic E-state index is 0.0507. The van der Waals surface area contributed by atoms with Gasteiger partial charge in [-0.1, -0.05) is 71.1 Å². The van der Waals surface area contributed by atoms with Crippen LogP contribution in [0.15, 0.2) is 0 Å². The number of rotatable bonds is 16. The van der Waals surface area contributed by atoms with E-state index in [9.17, 15) is 4.79 Å². The fraction of sp³-hybridized carbons (Fsp3) is 0.947. The molecule has 0 atom stereocenters. The number of nitrogens with zero attached hydrogens (tertiary/aromatic N) is 1. The van der Waals surface area contributed by atoms with Crippen molar-refractivity contribution >= 4 is 5.91 Å². The molecule has 0 rings (SSSR count). The van der Waals surface area contributed by atoms with Gasteiger partial charge in [-0.25, -0.2) is 0 Å². The predicted molar refractivity (Wildman–Crippen MR) is 97.3 cm³/mol. The molecule has 0 aliphatic heterocycles. The van der Waals surface area contributed by atoms with Crippen LogP contribution in [-0.4, -0.2) is 37.8 Å². The third kappa shape index (κ3) is 17.5. The summed E-state index contributed by atoms with van der Waals surface area (Å²) in [5, 5.41) is 2.74. The molecule has 0 bridgehead atoms. The van der Waals surface area contributed by atoms with Crippen LogP contribution in [0.2, 0.25) is 0 Å². The Morgan fingerprint density at radius 2 is 1.41 bits per heavy atom. The van der Waals surface area contributed by atoms with Crippen LogP contribution in [0.25, 0.3) is 0 Å². The van der Waals surface area contributed by atoms with E-state index in [2.05, 4.69) is 12.2 Å². The van der Waals surface area contributed by atoms with Crippen molar-refractivity contribution in [1.82, 2.24) is 10.2 Å². The molecule has 0 fully saturated rings. The van der Waals surface area contributed by atoms with Crippen LogP contribution >= 0.6 is 0 Å². The van der Waals surface area contributed by atoms with Crippen LogP contribution in [0, 0.1) is 0 Å². The van der Waals surface area contributed by atoms with Crippen molar-refractivity contribution in [3.05, 3.63) is 0 Å². The summed E-state index contributed by atoms with van der Waals surface area (Å²) >= 11 is 0. The van der Waals surface area contributed by atoms with Gasteiger partial charge in [-0.15, -0.1) is 0 Å². The van der Waals surface area contributed by atoms with E-state index in [1.165, 1.54) is 51.4 Å². The first kappa shape index (κ1) is 12.8. The van der Waals surface area contributed by atoms with Gasteiger partial charge in [0.15, 0.2) is 0 Å². The summed E-state index contributed by atoms with van der Waals surface area (Å²) in [6.45, 7) is -2.91. The first-order valence-corrected chi connectivity index (χ1v) is 9.13. The van der Waals surface area contributed by atoms with Crippen molar-refractivity contribution in [3.63, 3.8) is 0 Å². The molecule has 0 aromatic heterocycles. The summed E-state index contributed by atoms with van der Waals surface area (Å²) in [4.78, 5) is 12.3. The van der Waals surface area contributed by atoms with Crippen molar-refractivity contribution in [1.29, 1.82) is 0 Å². The Morgan fingerprint density at radius 3 is 1.95 bits per heavy atom. The fourth-order valence-corrected chi connectivity index (χ4v) is 2.50. The van der Waals surface area contributed by atoms with E-state index in [4.69, 9.17) is 8.22 Å². The van der Waals surface area contributed by atoms with Gasteiger partial charge < -0.3 is 10.2 Å². The van der Waals surface area contributed by atoms with Gasteiger partial charge in [0.1, 0.15) is 0 Å². The van der Waals surface area contributed by atoms with Gasteiger partial charge in [0, 0.05) is 21.2 Å². The van der Waals surface area contributed by atoms with E-state index in [1.807, 2.05) is 0 Å². The number of nitrogens with one attached hydrogen (secondary N) is 1. The maximum Gasteiger partial charge on any atom is 0.219 e. The van der Waals surface area contributed by atoms with Crippen molar-refractivity contribution in [3.8, 4) is 0 Å². The summed E-state index contributed by atoms with van der Waals surface area (Å²) in [6.07, 6.45) is 14.3. The molecule has 0 aliphatic rings. The van der Waals surface area contributed by atoms with Gasteiger partial charge in [0.2, 0.25) is 5.91 Å². The average Bonchev–Trinajstić information content (AvgIpc) is 2.57. The lowest BCUT2D eigenvalue weighted by molar-refractivity contribution is -0.121. The highest BCUT2D eigenvalue weighted by Gasteiger charge is 2.00. The molecule has 0 saturated heterocycles. The smallest absolute Gasteiger partial charge is 0.219 e. The highest BCUT2D eigenvalue weighted by molar-refractivity contribution is 5.75. The summed E-state index contributed by atoms with van der Waals surface area (Å²) < 4.78 is 43.7. The molecule has 1 amide bonds. The van der Waals surface area contributed by atoms with E-state index in [0.717, 1.165) is 19.3 Å². The Bertz CT molecular complexity index is 385. The van der Waals surface area contributed by atoms with Crippen LogP contribution in [0.1, 0.15) is 98.6 Å². The van der Waals surface area contributed by atoms with Crippen LogP contribution in [0.4, 0.5) is 0 Å². The fourth-order valence-electron chi connectivity index (χ4n) is 2.50. The van der Waals surface area contributed by atoms with E-state index in [1.54, 1.807) is 0 Å². The summed E-state index contributed by atoms with van der Waals surface area (Å²) in [6, 6.07) is 0. The lowest BCUT2D eigenvalue weighted by atomic mass is 10.1. The lowest BCUT2D eigenvalue weighted by Crippen LogP contribution is -2.26. The lowest BCUT2D eigenvalue weighted by Gasteiger charge is -2.09. The van der Waals surface area contributed by atoms with E-state index < -0.39 is 14.0 Å². The normalized spacial score (nSPS) is 16.3. The van der Waals surface area contributed by atoms with Crippen molar-refractivity contribution < 1.29 is 13.0 Å². The number of hydrogen-bond acceptors (Lipinski definition) is 2. The van der Waals surface area contributed by atoms with Gasteiger partial charge in [0.25, 0.3) is 0 Å². The molecule has 3 heteroatoms. The summed E-state index contributed by atoms with van der Waals surface area (Å²) in [7, 11) is 0. The molecular formula is C19H40N2O. The number of carbonyl (C=O) groups is 1. The standard InChI is InChI=1S/C19H40N2O/c1-4-5-6-7-8-9-10-11-12-13-14-16-19(22)20-17-15-18-21(2)3/h4-18H2,1-3H3,(H,20,22)/i2D3,3D3. The van der Waals surface area contributed by atoms with Crippen molar-refractivity contribution in [2.24, 2.45) is 0 Å². The van der Waals surface area contributed by atoms with Gasteiger partial charge in [-0.3, -0.25) is 4.79 Å². The molecule has 3 nitrogen and oxygen atoms in total. The second-order valence-corrected chi connectivity index (χ2v) is 6.14. The Hall–Kier alpha value is -0.570. The molecule has 132 valence electrons. The molecule has 0 aliphatic carbocycles. The van der Waals surface area contributed by atoms with Crippen molar-refractivity contribution in [2.45, 2.75) is 90.4 Å². The molecule has 1 N–H and O–H groups in total. The molecule has 0 heterocycles. The number of unbranched alkanes of at least 4 members (excludes halogenated alkanes) is 10. The molecule has 0 aromatic carbocycles. The SMILES string of the molecule is [2H]C([2H])([2H])N(CCCNC(=O)CCCCCCCCCCCCC)C([2H])([2H])[2H]. The Morgan fingerprint density at radius 1 is 0.864 bits per heavy atom. The van der Waals surface area contributed by atoms with E-state index in [-0.39, 0.29) is 12.5 Å². The van der Waals surface area contributed by atoms with E-state index >= 15 is 0 Å². The Balaban J connectivity index is 3.61. The van der Waals surface area contributed by atoms with Crippen LogP contribution in [0.5, 0.6) is 0 Å². The quantitative estimate of drug-likeness (QED) is 0.416. The Labute approximate surface area is 147 Å².